The van der Waals surface area contributed by atoms with E-state index in [1.165, 1.54) is 4.31 Å². The Hall–Kier alpha value is -1.28. The first kappa shape index (κ1) is 14.1. The maximum Gasteiger partial charge on any atom is 0.236 e. The molecule has 1 aliphatic rings. The second kappa shape index (κ2) is 4.68. The number of rotatable bonds is 4. The van der Waals surface area contributed by atoms with E-state index in [0.29, 0.717) is 24.3 Å². The highest BCUT2D eigenvalue weighted by atomic mass is 32.2. The van der Waals surface area contributed by atoms with Gasteiger partial charge >= 0.3 is 0 Å². The summed E-state index contributed by atoms with van der Waals surface area (Å²) in [6, 6.07) is 5.14. The van der Waals surface area contributed by atoms with Crippen molar-refractivity contribution in [2.45, 2.75) is 6.42 Å². The van der Waals surface area contributed by atoms with Crippen LogP contribution in [0.2, 0.25) is 0 Å². The lowest BCUT2D eigenvalue weighted by Crippen LogP contribution is -2.33. The lowest BCUT2D eigenvalue weighted by Gasteiger charge is -2.19. The quantitative estimate of drug-likeness (QED) is 0.790. The van der Waals surface area contributed by atoms with Gasteiger partial charge in [0.1, 0.15) is 9.84 Å². The summed E-state index contributed by atoms with van der Waals surface area (Å²) in [4.78, 5) is 0. The molecule has 0 amide bonds. The Balaban J connectivity index is 2.28. The Labute approximate surface area is 113 Å². The van der Waals surface area contributed by atoms with E-state index in [-0.39, 0.29) is 5.75 Å². The second-order valence-electron chi connectivity index (χ2n) is 4.66. The fourth-order valence-electron chi connectivity index (χ4n) is 2.02. The van der Waals surface area contributed by atoms with Crippen LogP contribution in [0, 0.1) is 0 Å². The molecule has 0 fully saturated rings. The number of anilines is 2. The van der Waals surface area contributed by atoms with E-state index in [4.69, 9.17) is 5.73 Å². The molecule has 0 bridgehead atoms. The van der Waals surface area contributed by atoms with Crippen LogP contribution in [0.1, 0.15) is 5.56 Å². The molecule has 8 heteroatoms. The van der Waals surface area contributed by atoms with Crippen LogP contribution in [0.3, 0.4) is 0 Å². The lowest BCUT2D eigenvalue weighted by atomic mass is 10.1. The smallest absolute Gasteiger partial charge is 0.236 e. The molecule has 1 aliphatic heterocycles. The number of hydrogen-bond acceptors (Lipinski definition) is 5. The minimum absolute atomic E-state index is 0.338. The summed E-state index contributed by atoms with van der Waals surface area (Å²) in [5.41, 5.74) is 7.63. The predicted octanol–water partition coefficient (Wildman–Crippen LogP) is 0.00570. The van der Waals surface area contributed by atoms with Crippen molar-refractivity contribution in [2.75, 3.05) is 34.3 Å². The Bertz CT molecular complexity index is 695. The molecular formula is C11H16N2O4S2. The third-order valence-corrected chi connectivity index (χ3v) is 5.99. The van der Waals surface area contributed by atoms with Crippen LogP contribution in [0.4, 0.5) is 11.4 Å². The number of nitrogens with zero attached hydrogens (tertiary/aromatic N) is 1. The highest BCUT2D eigenvalue weighted by Gasteiger charge is 2.30. The van der Waals surface area contributed by atoms with Gasteiger partial charge in [-0.3, -0.25) is 4.31 Å². The summed E-state index contributed by atoms with van der Waals surface area (Å²) < 4.78 is 47.8. The molecule has 1 aromatic carbocycles. The maximum absolute atomic E-state index is 12.2. The number of nitrogens with two attached hydrogens (primary N) is 1. The fraction of sp³-hybridized carbons (Fsp3) is 0.455. The first-order valence-corrected chi connectivity index (χ1v) is 9.42. The third-order valence-electron chi connectivity index (χ3n) is 3.01. The topological polar surface area (TPSA) is 97.5 Å². The van der Waals surface area contributed by atoms with Gasteiger partial charge in [0.2, 0.25) is 10.0 Å². The van der Waals surface area contributed by atoms with Crippen LogP contribution < -0.4 is 10.0 Å². The van der Waals surface area contributed by atoms with Crippen LogP contribution in [0.25, 0.3) is 0 Å². The van der Waals surface area contributed by atoms with Gasteiger partial charge in [-0.05, 0) is 24.1 Å². The van der Waals surface area contributed by atoms with Crippen LogP contribution in [0.15, 0.2) is 18.2 Å². The summed E-state index contributed by atoms with van der Waals surface area (Å²) in [5, 5.41) is 0. The number of fused-ring (bicyclic) bond motifs is 1. The standard InChI is InChI=1S/C11H16N2O4S2/c1-18(14,15)6-7-19(16,17)13-5-4-9-2-3-10(12)8-11(9)13/h2-3,8H,4-7,12H2,1H3. The molecule has 0 saturated heterocycles. The summed E-state index contributed by atoms with van der Waals surface area (Å²) in [7, 11) is -6.93. The number of nitrogen functional groups attached to an aromatic ring is 1. The first-order chi connectivity index (χ1) is 8.69. The molecule has 0 radical (unpaired) electrons. The molecule has 2 N–H and O–H groups in total. The molecule has 0 unspecified atom stereocenters. The number of sulfone groups is 1. The zero-order chi connectivity index (χ0) is 14.3. The van der Waals surface area contributed by atoms with Crippen molar-refractivity contribution in [3.8, 4) is 0 Å². The zero-order valence-electron chi connectivity index (χ0n) is 10.5. The van der Waals surface area contributed by atoms with Crippen LogP contribution in [-0.2, 0) is 26.3 Å². The number of hydrogen-bond donors (Lipinski definition) is 1. The largest absolute Gasteiger partial charge is 0.399 e. The minimum Gasteiger partial charge on any atom is -0.399 e. The fourth-order valence-corrected chi connectivity index (χ4v) is 5.14. The average molecular weight is 304 g/mol. The van der Waals surface area contributed by atoms with E-state index < -0.39 is 25.6 Å². The van der Waals surface area contributed by atoms with Gasteiger partial charge in [0.25, 0.3) is 0 Å². The van der Waals surface area contributed by atoms with E-state index in [0.717, 1.165) is 11.8 Å². The predicted molar refractivity (Wildman–Crippen MR) is 75.4 cm³/mol. The summed E-state index contributed by atoms with van der Waals surface area (Å²) in [6.45, 7) is 0.338. The molecule has 0 spiro atoms. The van der Waals surface area contributed by atoms with Crippen molar-refractivity contribution < 1.29 is 16.8 Å². The van der Waals surface area contributed by atoms with Crippen molar-refractivity contribution in [2.24, 2.45) is 0 Å². The highest BCUT2D eigenvalue weighted by Crippen LogP contribution is 2.32. The van der Waals surface area contributed by atoms with Crippen molar-refractivity contribution in [1.82, 2.24) is 0 Å². The van der Waals surface area contributed by atoms with Crippen molar-refractivity contribution in [3.63, 3.8) is 0 Å². The van der Waals surface area contributed by atoms with Gasteiger partial charge in [0.15, 0.2) is 0 Å². The van der Waals surface area contributed by atoms with Gasteiger partial charge in [-0.25, -0.2) is 16.8 Å². The van der Waals surface area contributed by atoms with E-state index in [1.807, 2.05) is 0 Å². The highest BCUT2D eigenvalue weighted by molar-refractivity contribution is 7.95. The van der Waals surface area contributed by atoms with Gasteiger partial charge in [-0.15, -0.1) is 0 Å². The second-order valence-corrected chi connectivity index (χ2v) is 8.93. The van der Waals surface area contributed by atoms with E-state index in [9.17, 15) is 16.8 Å². The molecule has 1 aromatic rings. The van der Waals surface area contributed by atoms with Gasteiger partial charge in [0.05, 0.1) is 17.2 Å². The summed E-state index contributed by atoms with van der Waals surface area (Å²) in [5.74, 6) is -0.774. The Morgan fingerprint density at radius 3 is 2.53 bits per heavy atom. The number of sulfonamides is 1. The van der Waals surface area contributed by atoms with E-state index >= 15 is 0 Å². The molecule has 19 heavy (non-hydrogen) atoms. The van der Waals surface area contributed by atoms with Gasteiger partial charge in [0, 0.05) is 18.5 Å². The molecule has 0 aromatic heterocycles. The van der Waals surface area contributed by atoms with E-state index in [1.54, 1.807) is 18.2 Å². The Morgan fingerprint density at radius 1 is 1.21 bits per heavy atom. The van der Waals surface area contributed by atoms with Crippen molar-refractivity contribution in [1.29, 1.82) is 0 Å². The molecule has 6 nitrogen and oxygen atoms in total. The van der Waals surface area contributed by atoms with Gasteiger partial charge in [-0.1, -0.05) is 6.07 Å². The van der Waals surface area contributed by atoms with Crippen LogP contribution >= 0.6 is 0 Å². The Kier molecular flexibility index (Phi) is 3.48. The first-order valence-electron chi connectivity index (χ1n) is 5.75. The molecule has 0 saturated carbocycles. The third kappa shape index (κ3) is 3.19. The van der Waals surface area contributed by atoms with Crippen LogP contribution in [-0.4, -0.2) is 41.1 Å². The summed E-state index contributed by atoms with van der Waals surface area (Å²) >= 11 is 0. The van der Waals surface area contributed by atoms with E-state index in [2.05, 4.69) is 0 Å². The van der Waals surface area contributed by atoms with Crippen molar-refractivity contribution in [3.05, 3.63) is 23.8 Å². The molecule has 0 atom stereocenters. The minimum atomic E-state index is -3.62. The summed E-state index contributed by atoms with van der Waals surface area (Å²) in [6.07, 6.45) is 1.64. The zero-order valence-corrected chi connectivity index (χ0v) is 12.2. The van der Waals surface area contributed by atoms with Crippen molar-refractivity contribution >= 4 is 31.2 Å². The molecule has 2 rings (SSSR count). The molecular weight excluding hydrogens is 288 g/mol. The van der Waals surface area contributed by atoms with Gasteiger partial charge in [-0.2, -0.15) is 0 Å². The molecule has 0 aliphatic carbocycles. The monoisotopic (exact) mass is 304 g/mol. The average Bonchev–Trinajstić information content (AvgIpc) is 2.69. The van der Waals surface area contributed by atoms with Crippen LogP contribution in [0.5, 0.6) is 0 Å². The molecule has 106 valence electrons. The normalized spacial score (nSPS) is 15.5. The maximum atomic E-state index is 12.2. The molecule has 1 heterocycles. The Morgan fingerprint density at radius 2 is 1.89 bits per heavy atom. The SMILES string of the molecule is CS(=O)(=O)CCS(=O)(=O)N1CCc2ccc(N)cc21. The van der Waals surface area contributed by atoms with Gasteiger partial charge < -0.3 is 5.73 Å². The lowest BCUT2D eigenvalue weighted by molar-refractivity contribution is 0.587. The number of benzene rings is 1.